The molecule has 0 unspecified atom stereocenters. The van der Waals surface area contributed by atoms with Crippen LogP contribution in [0.25, 0.3) is 0 Å². The Morgan fingerprint density at radius 1 is 0.969 bits per heavy atom. The third kappa shape index (κ3) is 5.17. The van der Waals surface area contributed by atoms with Crippen LogP contribution in [-0.4, -0.2) is 43.0 Å². The predicted molar refractivity (Wildman–Crippen MR) is 125 cm³/mol. The van der Waals surface area contributed by atoms with Gasteiger partial charge in [0.1, 0.15) is 5.75 Å². The number of hydrogen-bond donors (Lipinski definition) is 1. The van der Waals surface area contributed by atoms with Gasteiger partial charge in [-0.25, -0.2) is 0 Å². The van der Waals surface area contributed by atoms with Crippen LogP contribution < -0.4 is 10.1 Å². The Balaban J connectivity index is 1.41. The van der Waals surface area contributed by atoms with Crippen LogP contribution >= 0.6 is 0 Å². The predicted octanol–water partition coefficient (Wildman–Crippen LogP) is 4.12. The number of fused-ring (bicyclic) bond motifs is 1. The van der Waals surface area contributed by atoms with Gasteiger partial charge < -0.3 is 15.0 Å². The van der Waals surface area contributed by atoms with Crippen LogP contribution in [-0.2, 0) is 12.8 Å². The van der Waals surface area contributed by atoms with Crippen molar-refractivity contribution in [3.8, 4) is 5.75 Å². The standard InChI is InChI=1S/C27H28N2O3/c1-29(27(31)21-10-6-3-7-11-21)24(18-20-8-4-2-5-9-20)14-16-28-26(30)23-12-13-25-22(19-23)15-17-32-25/h2-13,19,24H,14-18H2,1H3,(H,28,30)/t24-/m1/s1. The highest BCUT2D eigenvalue weighted by molar-refractivity contribution is 5.95. The molecule has 1 aliphatic rings. The highest BCUT2D eigenvalue weighted by atomic mass is 16.5. The van der Waals surface area contributed by atoms with Gasteiger partial charge in [-0.3, -0.25) is 9.59 Å². The minimum absolute atomic E-state index is 0.0171. The van der Waals surface area contributed by atoms with Crippen molar-refractivity contribution in [2.45, 2.75) is 25.3 Å². The van der Waals surface area contributed by atoms with E-state index in [-0.39, 0.29) is 17.9 Å². The van der Waals surface area contributed by atoms with Crippen molar-refractivity contribution in [2.24, 2.45) is 0 Å². The van der Waals surface area contributed by atoms with E-state index in [4.69, 9.17) is 4.74 Å². The highest BCUT2D eigenvalue weighted by Crippen LogP contribution is 2.25. The number of hydrogen-bond acceptors (Lipinski definition) is 3. The SMILES string of the molecule is CN(C(=O)c1ccccc1)[C@H](CCNC(=O)c1ccc2c(c1)CCO2)Cc1ccccc1. The molecule has 0 fully saturated rings. The lowest BCUT2D eigenvalue weighted by Crippen LogP contribution is -2.41. The van der Waals surface area contributed by atoms with E-state index in [2.05, 4.69) is 17.4 Å². The summed E-state index contributed by atoms with van der Waals surface area (Å²) < 4.78 is 5.52. The average molecular weight is 429 g/mol. The molecule has 2 amide bonds. The van der Waals surface area contributed by atoms with Crippen LogP contribution in [0.5, 0.6) is 5.75 Å². The topological polar surface area (TPSA) is 58.6 Å². The summed E-state index contributed by atoms with van der Waals surface area (Å²) in [6, 6.07) is 25.0. The molecule has 5 nitrogen and oxygen atoms in total. The molecule has 164 valence electrons. The first kappa shape index (κ1) is 21.6. The third-order valence-corrected chi connectivity index (χ3v) is 5.92. The molecule has 0 aliphatic carbocycles. The van der Waals surface area contributed by atoms with Gasteiger partial charge in [-0.1, -0.05) is 48.5 Å². The first-order chi connectivity index (χ1) is 15.6. The Morgan fingerprint density at radius 3 is 2.44 bits per heavy atom. The van der Waals surface area contributed by atoms with Gasteiger partial charge in [-0.2, -0.15) is 0 Å². The molecule has 4 rings (SSSR count). The Kier molecular flexibility index (Phi) is 6.85. The molecule has 1 N–H and O–H groups in total. The summed E-state index contributed by atoms with van der Waals surface area (Å²) in [5.74, 6) is 0.747. The smallest absolute Gasteiger partial charge is 0.253 e. The van der Waals surface area contributed by atoms with Crippen molar-refractivity contribution in [3.05, 3.63) is 101 Å². The Bertz CT molecular complexity index is 1070. The largest absolute Gasteiger partial charge is 0.493 e. The van der Waals surface area contributed by atoms with E-state index in [1.807, 2.05) is 67.7 Å². The van der Waals surface area contributed by atoms with Gasteiger partial charge in [0.15, 0.2) is 0 Å². The molecular weight excluding hydrogens is 400 g/mol. The van der Waals surface area contributed by atoms with Gasteiger partial charge in [-0.05, 0) is 54.3 Å². The monoisotopic (exact) mass is 428 g/mol. The van der Waals surface area contributed by atoms with Crippen LogP contribution in [0.2, 0.25) is 0 Å². The maximum atomic E-state index is 13.0. The zero-order chi connectivity index (χ0) is 22.3. The second-order valence-electron chi connectivity index (χ2n) is 8.09. The molecule has 0 saturated heterocycles. The number of carbonyl (C=O) groups excluding carboxylic acids is 2. The van der Waals surface area contributed by atoms with Gasteiger partial charge in [0.2, 0.25) is 0 Å². The zero-order valence-corrected chi connectivity index (χ0v) is 18.3. The van der Waals surface area contributed by atoms with Gasteiger partial charge >= 0.3 is 0 Å². The second-order valence-corrected chi connectivity index (χ2v) is 8.09. The summed E-state index contributed by atoms with van der Waals surface area (Å²) in [5.41, 5.74) is 3.54. The molecule has 5 heteroatoms. The molecule has 0 radical (unpaired) electrons. The molecular formula is C27H28N2O3. The molecule has 1 atom stereocenters. The number of nitrogens with one attached hydrogen (secondary N) is 1. The van der Waals surface area contributed by atoms with Crippen molar-refractivity contribution in [2.75, 3.05) is 20.2 Å². The second kappa shape index (κ2) is 10.1. The van der Waals surface area contributed by atoms with Gasteiger partial charge in [0.05, 0.1) is 6.61 Å². The van der Waals surface area contributed by atoms with E-state index < -0.39 is 0 Å². The summed E-state index contributed by atoms with van der Waals surface area (Å²) in [4.78, 5) is 27.5. The molecule has 0 saturated carbocycles. The average Bonchev–Trinajstić information content (AvgIpc) is 3.31. The minimum atomic E-state index is -0.102. The van der Waals surface area contributed by atoms with E-state index in [0.29, 0.717) is 30.7 Å². The summed E-state index contributed by atoms with van der Waals surface area (Å²) in [7, 11) is 1.84. The first-order valence-electron chi connectivity index (χ1n) is 11.0. The Morgan fingerprint density at radius 2 is 1.69 bits per heavy atom. The lowest BCUT2D eigenvalue weighted by Gasteiger charge is -2.29. The van der Waals surface area contributed by atoms with E-state index in [9.17, 15) is 9.59 Å². The van der Waals surface area contributed by atoms with Crippen LogP contribution in [0.1, 0.15) is 38.3 Å². The number of ether oxygens (including phenoxy) is 1. The highest BCUT2D eigenvalue weighted by Gasteiger charge is 2.22. The van der Waals surface area contributed by atoms with Crippen molar-refractivity contribution < 1.29 is 14.3 Å². The van der Waals surface area contributed by atoms with Crippen LogP contribution in [0.3, 0.4) is 0 Å². The molecule has 0 aromatic heterocycles. The van der Waals surface area contributed by atoms with E-state index in [0.717, 1.165) is 29.7 Å². The zero-order valence-electron chi connectivity index (χ0n) is 18.3. The Labute approximate surface area is 189 Å². The van der Waals surface area contributed by atoms with E-state index >= 15 is 0 Å². The van der Waals surface area contributed by atoms with Crippen molar-refractivity contribution in [1.29, 1.82) is 0 Å². The fourth-order valence-corrected chi connectivity index (χ4v) is 4.05. The molecule has 32 heavy (non-hydrogen) atoms. The van der Waals surface area contributed by atoms with Crippen LogP contribution in [0, 0.1) is 0 Å². The van der Waals surface area contributed by atoms with Gasteiger partial charge in [-0.15, -0.1) is 0 Å². The molecule has 0 bridgehead atoms. The number of likely N-dealkylation sites (N-methyl/N-ethyl adjacent to an activating group) is 1. The quantitative estimate of drug-likeness (QED) is 0.587. The van der Waals surface area contributed by atoms with Gasteiger partial charge in [0.25, 0.3) is 11.8 Å². The van der Waals surface area contributed by atoms with Crippen molar-refractivity contribution in [3.63, 3.8) is 0 Å². The summed E-state index contributed by atoms with van der Waals surface area (Å²) in [6.07, 6.45) is 2.22. The number of amides is 2. The molecule has 3 aromatic rings. The lowest BCUT2D eigenvalue weighted by atomic mass is 10.0. The van der Waals surface area contributed by atoms with E-state index in [1.165, 1.54) is 0 Å². The van der Waals surface area contributed by atoms with Crippen LogP contribution in [0.15, 0.2) is 78.9 Å². The molecule has 0 spiro atoms. The maximum Gasteiger partial charge on any atom is 0.253 e. The van der Waals surface area contributed by atoms with E-state index in [1.54, 1.807) is 11.0 Å². The maximum absolute atomic E-state index is 13.0. The number of rotatable bonds is 8. The number of nitrogens with zero attached hydrogens (tertiary/aromatic N) is 1. The van der Waals surface area contributed by atoms with Gasteiger partial charge in [0, 0.05) is 37.2 Å². The number of carbonyl (C=O) groups is 2. The first-order valence-corrected chi connectivity index (χ1v) is 11.0. The minimum Gasteiger partial charge on any atom is -0.493 e. The third-order valence-electron chi connectivity index (χ3n) is 5.92. The molecule has 1 heterocycles. The fourth-order valence-electron chi connectivity index (χ4n) is 4.05. The molecule has 3 aromatic carbocycles. The van der Waals surface area contributed by atoms with Crippen molar-refractivity contribution >= 4 is 11.8 Å². The van der Waals surface area contributed by atoms with Crippen LogP contribution in [0.4, 0.5) is 0 Å². The summed E-state index contributed by atoms with van der Waals surface area (Å²) in [6.45, 7) is 1.15. The summed E-state index contributed by atoms with van der Waals surface area (Å²) in [5, 5.41) is 3.02. The fraction of sp³-hybridized carbons (Fsp3) is 0.259. The lowest BCUT2D eigenvalue weighted by molar-refractivity contribution is 0.0723. The Hall–Kier alpha value is -3.60. The molecule has 1 aliphatic heterocycles. The van der Waals surface area contributed by atoms with Crippen molar-refractivity contribution in [1.82, 2.24) is 10.2 Å². The number of benzene rings is 3. The summed E-state index contributed by atoms with van der Waals surface area (Å²) >= 11 is 0. The normalized spacial score (nSPS) is 13.0.